The molecule has 0 saturated heterocycles. The molecular weight excluding hydrogens is 618 g/mol. The van der Waals surface area contributed by atoms with Crippen molar-refractivity contribution in [3.63, 3.8) is 0 Å². The van der Waals surface area contributed by atoms with Crippen molar-refractivity contribution < 1.29 is 4.42 Å². The topological polar surface area (TPSA) is 49.6 Å². The van der Waals surface area contributed by atoms with Gasteiger partial charge in [-0.25, -0.2) is 4.99 Å². The lowest BCUT2D eigenvalue weighted by Crippen LogP contribution is -2.45. The maximum Gasteiger partial charge on any atom is 0.135 e. The van der Waals surface area contributed by atoms with Gasteiger partial charge in [0.05, 0.1) is 5.02 Å². The molecule has 0 bridgehead atoms. The van der Waals surface area contributed by atoms with Crippen molar-refractivity contribution in [1.29, 1.82) is 0 Å². The Hall–Kier alpha value is -5.20. The van der Waals surface area contributed by atoms with Crippen LogP contribution in [0.3, 0.4) is 0 Å². The molecule has 0 saturated carbocycles. The summed E-state index contributed by atoms with van der Waals surface area (Å²) in [6, 6.07) is 46.8. The summed E-state index contributed by atoms with van der Waals surface area (Å²) in [7, 11) is 0. The molecule has 2 atom stereocenters. The normalized spacial score (nSPS) is 16.8. The third kappa shape index (κ3) is 4.28. The number of aliphatic imine (C=N–C) groups is 1. The van der Waals surface area contributed by atoms with Gasteiger partial charge >= 0.3 is 0 Å². The van der Waals surface area contributed by atoms with Gasteiger partial charge < -0.3 is 9.73 Å². The number of amidine groups is 1. The molecule has 6 heteroatoms. The Labute approximate surface area is 278 Å². The second-order valence-electron chi connectivity index (χ2n) is 12.1. The van der Waals surface area contributed by atoms with Gasteiger partial charge in [-0.1, -0.05) is 115 Å². The van der Waals surface area contributed by atoms with E-state index in [0.717, 1.165) is 54.9 Å². The zero-order chi connectivity index (χ0) is 31.1. The number of rotatable bonds is 3. The summed E-state index contributed by atoms with van der Waals surface area (Å²) in [5, 5.41) is 17.6. The third-order valence-corrected chi connectivity index (χ3v) is 11.0. The van der Waals surface area contributed by atoms with Crippen LogP contribution in [0, 0.1) is 0 Å². The molecule has 0 fully saturated rings. The molecule has 1 aliphatic heterocycles. The maximum atomic E-state index is 7.42. The van der Waals surface area contributed by atoms with Gasteiger partial charge in [-0.15, -0.1) is 11.3 Å². The van der Waals surface area contributed by atoms with Crippen LogP contribution in [-0.4, -0.2) is 5.84 Å². The number of hydrogen-bond acceptors (Lipinski definition) is 5. The summed E-state index contributed by atoms with van der Waals surface area (Å²) in [4.78, 5) is 5.26. The van der Waals surface area contributed by atoms with E-state index < -0.39 is 0 Å². The molecule has 0 radical (unpaired) electrons. The first-order valence-corrected chi connectivity index (χ1v) is 16.9. The standard InChI is InChI=1S/C41H26ClN3OS/c42-37-31(18-20-35-36(37)30-17-15-24-8-3-4-10-28(24)38(30)47-35)41-44-39(26-14-13-23-7-1-2-9-25(23)21-26)43-40(45-41)27-16-19-34-32(22-27)29-11-5-6-12-33(29)46-34/h1-22,40-41,45H,(H,43,44). The Morgan fingerprint density at radius 2 is 1.40 bits per heavy atom. The van der Waals surface area contributed by atoms with Crippen LogP contribution in [-0.2, 0) is 0 Å². The SMILES string of the molecule is Clc1c(C2NC(c3ccc4ccccc4c3)=NC(c3ccc4oc5ccccc5c4c3)N2)ccc2sc3c4ccccc4ccc3c12. The van der Waals surface area contributed by atoms with E-state index in [1.807, 2.05) is 18.2 Å². The highest BCUT2D eigenvalue weighted by Crippen LogP contribution is 2.44. The van der Waals surface area contributed by atoms with E-state index in [4.69, 9.17) is 21.0 Å². The van der Waals surface area contributed by atoms with E-state index in [0.29, 0.717) is 0 Å². The zero-order valence-electron chi connectivity index (χ0n) is 25.0. The first-order chi connectivity index (χ1) is 23.2. The molecule has 0 aliphatic carbocycles. The summed E-state index contributed by atoms with van der Waals surface area (Å²) >= 11 is 9.22. The third-order valence-electron chi connectivity index (χ3n) is 9.41. The van der Waals surface area contributed by atoms with E-state index in [2.05, 4.69) is 126 Å². The average Bonchev–Trinajstić information content (AvgIpc) is 3.70. The van der Waals surface area contributed by atoms with Crippen LogP contribution >= 0.6 is 22.9 Å². The summed E-state index contributed by atoms with van der Waals surface area (Å²) in [5.41, 5.74) is 4.81. The first kappa shape index (κ1) is 27.0. The quantitative estimate of drug-likeness (QED) is 0.201. The van der Waals surface area contributed by atoms with Crippen LogP contribution < -0.4 is 10.6 Å². The zero-order valence-corrected chi connectivity index (χ0v) is 26.6. The Morgan fingerprint density at radius 1 is 0.638 bits per heavy atom. The highest BCUT2D eigenvalue weighted by molar-refractivity contribution is 7.26. The lowest BCUT2D eigenvalue weighted by molar-refractivity contribution is 0.409. The van der Waals surface area contributed by atoms with Gasteiger partial charge in [-0.3, -0.25) is 5.32 Å². The summed E-state index contributed by atoms with van der Waals surface area (Å²) in [6.07, 6.45) is -0.612. The molecule has 3 heterocycles. The number of nitrogens with zero attached hydrogens (tertiary/aromatic N) is 1. The molecule has 10 rings (SSSR count). The molecule has 47 heavy (non-hydrogen) atoms. The molecule has 2 unspecified atom stereocenters. The number of benzene rings is 7. The number of furan rings is 1. The Kier molecular flexibility index (Phi) is 5.97. The molecule has 7 aromatic carbocycles. The van der Waals surface area contributed by atoms with Crippen molar-refractivity contribution in [3.8, 4) is 0 Å². The van der Waals surface area contributed by atoms with Gasteiger partial charge in [0, 0.05) is 42.1 Å². The average molecular weight is 644 g/mol. The van der Waals surface area contributed by atoms with Crippen LogP contribution in [0.5, 0.6) is 0 Å². The van der Waals surface area contributed by atoms with E-state index in [1.165, 1.54) is 36.3 Å². The Balaban J connectivity index is 1.13. The number of para-hydroxylation sites is 1. The van der Waals surface area contributed by atoms with Crippen LogP contribution in [0.2, 0.25) is 5.02 Å². The van der Waals surface area contributed by atoms with Gasteiger partial charge in [0.2, 0.25) is 0 Å². The molecule has 0 spiro atoms. The molecule has 2 aromatic heterocycles. The minimum atomic E-state index is -0.323. The van der Waals surface area contributed by atoms with E-state index in [1.54, 1.807) is 11.3 Å². The van der Waals surface area contributed by atoms with Crippen molar-refractivity contribution >= 4 is 92.4 Å². The van der Waals surface area contributed by atoms with Crippen molar-refractivity contribution in [2.45, 2.75) is 12.3 Å². The molecule has 4 nitrogen and oxygen atoms in total. The molecule has 9 aromatic rings. The van der Waals surface area contributed by atoms with Crippen molar-refractivity contribution in [3.05, 3.63) is 155 Å². The summed E-state index contributed by atoms with van der Waals surface area (Å²) in [6.45, 7) is 0. The van der Waals surface area contributed by atoms with Gasteiger partial charge in [-0.05, 0) is 57.4 Å². The smallest absolute Gasteiger partial charge is 0.135 e. The van der Waals surface area contributed by atoms with Crippen molar-refractivity contribution in [1.82, 2.24) is 10.6 Å². The number of nitrogens with one attached hydrogen (secondary N) is 2. The van der Waals surface area contributed by atoms with Gasteiger partial charge in [0.25, 0.3) is 0 Å². The van der Waals surface area contributed by atoms with Gasteiger partial charge in [0.15, 0.2) is 0 Å². The predicted octanol–water partition coefficient (Wildman–Crippen LogP) is 11.3. The predicted molar refractivity (Wildman–Crippen MR) is 198 cm³/mol. The van der Waals surface area contributed by atoms with E-state index >= 15 is 0 Å². The Bertz CT molecular complexity index is 2740. The van der Waals surface area contributed by atoms with Crippen LogP contribution in [0.4, 0.5) is 0 Å². The molecule has 224 valence electrons. The second kappa shape index (κ2) is 10.4. The minimum absolute atomic E-state index is 0.289. The number of hydrogen-bond donors (Lipinski definition) is 2. The molecule has 0 amide bonds. The van der Waals surface area contributed by atoms with Crippen molar-refractivity contribution in [2.75, 3.05) is 0 Å². The van der Waals surface area contributed by atoms with Gasteiger partial charge in [0.1, 0.15) is 29.3 Å². The molecule has 1 aliphatic rings. The van der Waals surface area contributed by atoms with E-state index in [-0.39, 0.29) is 12.3 Å². The second-order valence-corrected chi connectivity index (χ2v) is 13.6. The fraction of sp³-hybridized carbons (Fsp3) is 0.0488. The number of fused-ring (bicyclic) bond motifs is 9. The highest BCUT2D eigenvalue weighted by atomic mass is 35.5. The fourth-order valence-electron chi connectivity index (χ4n) is 7.08. The molecular formula is C41H26ClN3OS. The maximum absolute atomic E-state index is 7.42. The Morgan fingerprint density at radius 3 is 2.32 bits per heavy atom. The monoisotopic (exact) mass is 643 g/mol. The number of thiophene rings is 1. The number of halogens is 1. The van der Waals surface area contributed by atoms with Crippen molar-refractivity contribution in [2.24, 2.45) is 4.99 Å². The van der Waals surface area contributed by atoms with Gasteiger partial charge in [-0.2, -0.15) is 0 Å². The van der Waals surface area contributed by atoms with Crippen LogP contribution in [0.15, 0.2) is 143 Å². The summed E-state index contributed by atoms with van der Waals surface area (Å²) < 4.78 is 8.58. The first-order valence-electron chi connectivity index (χ1n) is 15.7. The van der Waals surface area contributed by atoms with E-state index in [9.17, 15) is 0 Å². The van der Waals surface area contributed by atoms with Crippen LogP contribution in [0.1, 0.15) is 29.0 Å². The lowest BCUT2D eigenvalue weighted by atomic mass is 10.0. The fourth-order valence-corrected chi connectivity index (χ4v) is 8.76. The highest BCUT2D eigenvalue weighted by Gasteiger charge is 2.28. The summed E-state index contributed by atoms with van der Waals surface area (Å²) in [5.74, 6) is 0.819. The van der Waals surface area contributed by atoms with Crippen LogP contribution in [0.25, 0.3) is 63.7 Å². The lowest BCUT2D eigenvalue weighted by Gasteiger charge is -2.32. The molecule has 2 N–H and O–H groups in total. The minimum Gasteiger partial charge on any atom is -0.456 e. The largest absolute Gasteiger partial charge is 0.456 e.